The fourth-order valence-corrected chi connectivity index (χ4v) is 2.76. The summed E-state index contributed by atoms with van der Waals surface area (Å²) in [5.41, 5.74) is 3.53. The molecule has 1 aliphatic rings. The van der Waals surface area contributed by atoms with Crippen molar-refractivity contribution in [2.24, 2.45) is 0 Å². The number of aryl methyl sites for hydroxylation is 1. The molecule has 3 nitrogen and oxygen atoms in total. The summed E-state index contributed by atoms with van der Waals surface area (Å²) >= 11 is 6.11. The number of halogens is 1. The SMILES string of the molecule is Cc1ccncc1C(=O)Cc1cc(Cl)cc2c1OCC2. The third-order valence-corrected chi connectivity index (χ3v) is 3.73. The van der Waals surface area contributed by atoms with Gasteiger partial charge >= 0.3 is 0 Å². The molecule has 0 N–H and O–H groups in total. The van der Waals surface area contributed by atoms with Crippen LogP contribution in [-0.4, -0.2) is 17.4 Å². The summed E-state index contributed by atoms with van der Waals surface area (Å²) in [7, 11) is 0. The van der Waals surface area contributed by atoms with Crippen molar-refractivity contribution in [2.45, 2.75) is 19.8 Å². The van der Waals surface area contributed by atoms with E-state index in [0.29, 0.717) is 17.2 Å². The van der Waals surface area contributed by atoms with Gasteiger partial charge in [-0.05, 0) is 36.2 Å². The Labute approximate surface area is 122 Å². The zero-order valence-electron chi connectivity index (χ0n) is 11.1. The molecule has 0 fully saturated rings. The molecular formula is C16H14ClNO2. The predicted octanol–water partition coefficient (Wildman–Crippen LogP) is 3.40. The number of carbonyl (C=O) groups excluding carboxylic acids is 1. The molecule has 0 bridgehead atoms. The lowest BCUT2D eigenvalue weighted by Crippen LogP contribution is -2.07. The van der Waals surface area contributed by atoms with Gasteiger partial charge in [0.15, 0.2) is 5.78 Å². The molecule has 0 aliphatic carbocycles. The molecular weight excluding hydrogens is 274 g/mol. The van der Waals surface area contributed by atoms with E-state index in [2.05, 4.69) is 4.98 Å². The molecule has 0 atom stereocenters. The molecule has 3 rings (SSSR count). The minimum absolute atomic E-state index is 0.0376. The first kappa shape index (κ1) is 13.1. The van der Waals surface area contributed by atoms with Crippen LogP contribution in [0.2, 0.25) is 5.02 Å². The second-order valence-corrected chi connectivity index (χ2v) is 5.38. The van der Waals surface area contributed by atoms with Crippen molar-refractivity contribution in [2.75, 3.05) is 6.61 Å². The number of ketones is 1. The number of carbonyl (C=O) groups is 1. The average molecular weight is 288 g/mol. The van der Waals surface area contributed by atoms with Crippen LogP contribution in [0.15, 0.2) is 30.6 Å². The summed E-state index contributed by atoms with van der Waals surface area (Å²) in [6.45, 7) is 2.57. The zero-order valence-corrected chi connectivity index (χ0v) is 11.9. The van der Waals surface area contributed by atoms with Crippen molar-refractivity contribution in [3.8, 4) is 5.75 Å². The number of hydrogen-bond donors (Lipinski definition) is 0. The topological polar surface area (TPSA) is 39.2 Å². The van der Waals surface area contributed by atoms with Crippen molar-refractivity contribution in [3.63, 3.8) is 0 Å². The molecule has 2 aromatic rings. The minimum atomic E-state index is 0.0376. The number of nitrogens with zero attached hydrogens (tertiary/aromatic N) is 1. The second kappa shape index (κ2) is 5.25. The third-order valence-electron chi connectivity index (χ3n) is 3.52. The summed E-state index contributed by atoms with van der Waals surface area (Å²) in [5.74, 6) is 0.861. The van der Waals surface area contributed by atoms with Crippen LogP contribution in [0.5, 0.6) is 5.75 Å². The second-order valence-electron chi connectivity index (χ2n) is 4.94. The third kappa shape index (κ3) is 2.41. The van der Waals surface area contributed by atoms with Crippen LogP contribution in [0.25, 0.3) is 0 Å². The van der Waals surface area contributed by atoms with Crippen LogP contribution in [0.4, 0.5) is 0 Å². The Morgan fingerprint density at radius 1 is 1.45 bits per heavy atom. The first-order valence-corrected chi connectivity index (χ1v) is 6.91. The van der Waals surface area contributed by atoms with E-state index in [-0.39, 0.29) is 12.2 Å². The van der Waals surface area contributed by atoms with Gasteiger partial charge in [-0.2, -0.15) is 0 Å². The highest BCUT2D eigenvalue weighted by molar-refractivity contribution is 6.30. The van der Waals surface area contributed by atoms with Crippen LogP contribution in [0.1, 0.15) is 27.0 Å². The summed E-state index contributed by atoms with van der Waals surface area (Å²) in [4.78, 5) is 16.4. The van der Waals surface area contributed by atoms with Crippen LogP contribution in [-0.2, 0) is 12.8 Å². The molecule has 0 saturated heterocycles. The quantitative estimate of drug-likeness (QED) is 0.812. The first-order chi connectivity index (χ1) is 9.65. The first-order valence-electron chi connectivity index (χ1n) is 6.53. The van der Waals surface area contributed by atoms with Gasteiger partial charge in [-0.3, -0.25) is 9.78 Å². The maximum Gasteiger partial charge on any atom is 0.169 e. The highest BCUT2D eigenvalue weighted by Gasteiger charge is 2.20. The van der Waals surface area contributed by atoms with Crippen LogP contribution >= 0.6 is 11.6 Å². The highest BCUT2D eigenvalue weighted by atomic mass is 35.5. The van der Waals surface area contributed by atoms with Gasteiger partial charge in [0, 0.05) is 41.4 Å². The smallest absolute Gasteiger partial charge is 0.169 e. The molecule has 20 heavy (non-hydrogen) atoms. The van der Waals surface area contributed by atoms with Gasteiger partial charge in [-0.15, -0.1) is 0 Å². The van der Waals surface area contributed by atoms with Gasteiger partial charge in [0.2, 0.25) is 0 Å². The molecule has 1 aromatic heterocycles. The van der Waals surface area contributed by atoms with E-state index < -0.39 is 0 Å². The number of pyridine rings is 1. The summed E-state index contributed by atoms with van der Waals surface area (Å²) in [6.07, 6.45) is 4.44. The number of fused-ring (bicyclic) bond motifs is 1. The Morgan fingerprint density at radius 3 is 3.10 bits per heavy atom. The fraction of sp³-hybridized carbons (Fsp3) is 0.250. The molecule has 0 amide bonds. The zero-order chi connectivity index (χ0) is 14.1. The Hall–Kier alpha value is -1.87. The minimum Gasteiger partial charge on any atom is -0.493 e. The average Bonchev–Trinajstić information content (AvgIpc) is 2.87. The fourth-order valence-electron chi connectivity index (χ4n) is 2.50. The van der Waals surface area contributed by atoms with Crippen molar-refractivity contribution in [1.29, 1.82) is 0 Å². The molecule has 0 spiro atoms. The highest BCUT2D eigenvalue weighted by Crippen LogP contribution is 2.33. The van der Waals surface area contributed by atoms with E-state index in [0.717, 1.165) is 28.9 Å². The molecule has 102 valence electrons. The van der Waals surface area contributed by atoms with E-state index >= 15 is 0 Å². The standard InChI is InChI=1S/C16H14ClNO2/c1-10-2-4-18-9-14(10)15(19)8-12-7-13(17)6-11-3-5-20-16(11)12/h2,4,6-7,9H,3,5,8H2,1H3. The Morgan fingerprint density at radius 2 is 2.30 bits per heavy atom. The number of hydrogen-bond acceptors (Lipinski definition) is 3. The summed E-state index contributed by atoms with van der Waals surface area (Å²) < 4.78 is 5.63. The summed E-state index contributed by atoms with van der Waals surface area (Å²) in [6, 6.07) is 5.56. The Kier molecular flexibility index (Phi) is 3.45. The summed E-state index contributed by atoms with van der Waals surface area (Å²) in [5, 5.41) is 0.653. The Balaban J connectivity index is 1.93. The maximum atomic E-state index is 12.4. The predicted molar refractivity (Wildman–Crippen MR) is 77.7 cm³/mol. The van der Waals surface area contributed by atoms with Crippen LogP contribution < -0.4 is 4.74 Å². The normalized spacial score (nSPS) is 12.9. The van der Waals surface area contributed by atoms with Gasteiger partial charge in [-0.1, -0.05) is 11.6 Å². The van der Waals surface area contributed by atoms with E-state index in [1.165, 1.54) is 0 Å². The van der Waals surface area contributed by atoms with Gasteiger partial charge in [0.25, 0.3) is 0 Å². The van der Waals surface area contributed by atoms with E-state index in [4.69, 9.17) is 16.3 Å². The molecule has 2 heterocycles. The number of Topliss-reactive ketones (excluding diaryl/α,β-unsaturated/α-hetero) is 1. The molecule has 1 aliphatic heterocycles. The molecule has 0 unspecified atom stereocenters. The number of aromatic nitrogens is 1. The van der Waals surface area contributed by atoms with Crippen molar-refractivity contribution >= 4 is 17.4 Å². The number of benzene rings is 1. The van der Waals surface area contributed by atoms with Gasteiger partial charge in [0.1, 0.15) is 5.75 Å². The Bertz CT molecular complexity index is 682. The molecule has 4 heteroatoms. The lowest BCUT2D eigenvalue weighted by Gasteiger charge is -2.09. The van der Waals surface area contributed by atoms with Crippen molar-refractivity contribution in [1.82, 2.24) is 4.98 Å². The van der Waals surface area contributed by atoms with Gasteiger partial charge in [0.05, 0.1) is 6.61 Å². The van der Waals surface area contributed by atoms with Crippen molar-refractivity contribution in [3.05, 3.63) is 57.9 Å². The lowest BCUT2D eigenvalue weighted by atomic mass is 9.99. The van der Waals surface area contributed by atoms with Gasteiger partial charge < -0.3 is 4.74 Å². The van der Waals surface area contributed by atoms with Crippen LogP contribution in [0, 0.1) is 6.92 Å². The maximum absolute atomic E-state index is 12.4. The largest absolute Gasteiger partial charge is 0.493 e. The number of ether oxygens (including phenoxy) is 1. The van der Waals surface area contributed by atoms with Crippen molar-refractivity contribution < 1.29 is 9.53 Å². The molecule has 0 saturated carbocycles. The van der Waals surface area contributed by atoms with E-state index in [9.17, 15) is 4.79 Å². The number of rotatable bonds is 3. The molecule has 0 radical (unpaired) electrons. The monoisotopic (exact) mass is 287 g/mol. The lowest BCUT2D eigenvalue weighted by molar-refractivity contribution is 0.0991. The van der Waals surface area contributed by atoms with Crippen LogP contribution in [0.3, 0.4) is 0 Å². The van der Waals surface area contributed by atoms with Gasteiger partial charge in [-0.25, -0.2) is 0 Å². The van der Waals surface area contributed by atoms with E-state index in [1.807, 2.05) is 25.1 Å². The molecule has 1 aromatic carbocycles. The van der Waals surface area contributed by atoms with E-state index in [1.54, 1.807) is 12.4 Å².